The molecule has 13 heavy (non-hydrogen) atoms. The highest BCUT2D eigenvalue weighted by atomic mass is 32.2. The van der Waals surface area contributed by atoms with Crippen molar-refractivity contribution >= 4 is 17.7 Å². The molecule has 0 aromatic heterocycles. The van der Waals surface area contributed by atoms with E-state index in [1.54, 1.807) is 11.8 Å². The van der Waals surface area contributed by atoms with E-state index in [-0.39, 0.29) is 0 Å². The summed E-state index contributed by atoms with van der Waals surface area (Å²) >= 11 is 1.60. The lowest BCUT2D eigenvalue weighted by molar-refractivity contribution is -0.144. The van der Waals surface area contributed by atoms with E-state index in [1.165, 1.54) is 0 Å². The van der Waals surface area contributed by atoms with E-state index < -0.39 is 10.7 Å². The normalized spacial score (nSPS) is 33.1. The molecule has 0 amide bonds. The molecule has 1 aliphatic rings. The molecule has 1 aliphatic carbocycles. The van der Waals surface area contributed by atoms with E-state index in [0.717, 1.165) is 18.6 Å². The number of carbonyl (C=O) groups is 1. The zero-order valence-corrected chi connectivity index (χ0v) is 9.36. The van der Waals surface area contributed by atoms with Gasteiger partial charge in [0.2, 0.25) is 0 Å². The van der Waals surface area contributed by atoms with Gasteiger partial charge in [0.25, 0.3) is 0 Å². The van der Waals surface area contributed by atoms with Crippen molar-refractivity contribution in [2.24, 2.45) is 11.8 Å². The van der Waals surface area contributed by atoms with Crippen LogP contribution in [0.15, 0.2) is 0 Å². The van der Waals surface area contributed by atoms with Gasteiger partial charge in [0.05, 0.1) is 0 Å². The van der Waals surface area contributed by atoms with Crippen LogP contribution in [-0.4, -0.2) is 21.6 Å². The largest absolute Gasteiger partial charge is 0.480 e. The first kappa shape index (κ1) is 10.9. The smallest absolute Gasteiger partial charge is 0.319 e. The van der Waals surface area contributed by atoms with Gasteiger partial charge in [0, 0.05) is 0 Å². The number of carboxylic acids is 1. The number of carboxylic acid groups (broad SMARTS) is 1. The highest BCUT2D eigenvalue weighted by Crippen LogP contribution is 2.50. The molecule has 76 valence electrons. The maximum Gasteiger partial charge on any atom is 0.319 e. The second-order valence-electron chi connectivity index (χ2n) is 4.14. The van der Waals surface area contributed by atoms with E-state index in [0.29, 0.717) is 11.8 Å². The SMILES string of the molecule is CCSC1(C(=O)O)CC(C(C)C)C1. The highest BCUT2D eigenvalue weighted by molar-refractivity contribution is 8.01. The van der Waals surface area contributed by atoms with Gasteiger partial charge in [-0.05, 0) is 30.4 Å². The molecule has 0 radical (unpaired) electrons. The predicted molar refractivity (Wildman–Crippen MR) is 56.1 cm³/mol. The van der Waals surface area contributed by atoms with Gasteiger partial charge in [-0.2, -0.15) is 0 Å². The van der Waals surface area contributed by atoms with Crippen LogP contribution in [0.25, 0.3) is 0 Å². The lowest BCUT2D eigenvalue weighted by atomic mass is 9.69. The van der Waals surface area contributed by atoms with E-state index in [1.807, 2.05) is 6.92 Å². The van der Waals surface area contributed by atoms with Crippen LogP contribution in [0.1, 0.15) is 33.6 Å². The second kappa shape index (κ2) is 3.91. The molecular formula is C10H18O2S. The summed E-state index contributed by atoms with van der Waals surface area (Å²) in [5, 5.41) is 9.09. The third-order valence-corrected chi connectivity index (χ3v) is 4.29. The fourth-order valence-electron chi connectivity index (χ4n) is 1.89. The van der Waals surface area contributed by atoms with Crippen LogP contribution >= 0.6 is 11.8 Å². The lowest BCUT2D eigenvalue weighted by Gasteiger charge is -2.45. The number of aliphatic carboxylic acids is 1. The van der Waals surface area contributed by atoms with Gasteiger partial charge in [0.15, 0.2) is 0 Å². The van der Waals surface area contributed by atoms with Crippen LogP contribution in [-0.2, 0) is 4.79 Å². The first-order chi connectivity index (χ1) is 6.02. The van der Waals surface area contributed by atoms with Crippen LogP contribution in [0.4, 0.5) is 0 Å². The van der Waals surface area contributed by atoms with Crippen molar-refractivity contribution in [1.29, 1.82) is 0 Å². The first-order valence-electron chi connectivity index (χ1n) is 4.89. The average Bonchev–Trinajstić information content (AvgIpc) is 1.94. The fourth-order valence-corrected chi connectivity index (χ4v) is 3.23. The molecule has 0 heterocycles. The summed E-state index contributed by atoms with van der Waals surface area (Å²) in [5.74, 6) is 1.54. The van der Waals surface area contributed by atoms with Gasteiger partial charge in [0.1, 0.15) is 4.75 Å². The maximum absolute atomic E-state index is 11.0. The molecule has 0 spiro atoms. The molecule has 0 atom stereocenters. The van der Waals surface area contributed by atoms with E-state index in [4.69, 9.17) is 5.11 Å². The van der Waals surface area contributed by atoms with Crippen molar-refractivity contribution in [1.82, 2.24) is 0 Å². The molecule has 2 nitrogen and oxygen atoms in total. The third kappa shape index (κ3) is 2.01. The third-order valence-electron chi connectivity index (χ3n) is 2.94. The summed E-state index contributed by atoms with van der Waals surface area (Å²) in [5.41, 5.74) is 0. The van der Waals surface area contributed by atoms with Gasteiger partial charge in [-0.25, -0.2) is 0 Å². The molecule has 3 heteroatoms. The van der Waals surface area contributed by atoms with Crippen LogP contribution in [0.3, 0.4) is 0 Å². The molecule has 1 N–H and O–H groups in total. The molecule has 0 saturated heterocycles. The van der Waals surface area contributed by atoms with Crippen LogP contribution in [0.5, 0.6) is 0 Å². The molecular weight excluding hydrogens is 184 g/mol. The lowest BCUT2D eigenvalue weighted by Crippen LogP contribution is -2.49. The molecule has 1 rings (SSSR count). The van der Waals surface area contributed by atoms with Gasteiger partial charge in [-0.15, -0.1) is 11.8 Å². The summed E-state index contributed by atoms with van der Waals surface area (Å²) in [7, 11) is 0. The van der Waals surface area contributed by atoms with E-state index in [2.05, 4.69) is 13.8 Å². The summed E-state index contributed by atoms with van der Waals surface area (Å²) in [6, 6.07) is 0. The molecule has 1 fully saturated rings. The van der Waals surface area contributed by atoms with Crippen LogP contribution < -0.4 is 0 Å². The Kier molecular flexibility index (Phi) is 3.28. The monoisotopic (exact) mass is 202 g/mol. The van der Waals surface area contributed by atoms with Crippen molar-refractivity contribution in [3.05, 3.63) is 0 Å². The summed E-state index contributed by atoms with van der Waals surface area (Å²) < 4.78 is -0.441. The number of hydrogen-bond donors (Lipinski definition) is 1. The Bertz CT molecular complexity index is 195. The first-order valence-corrected chi connectivity index (χ1v) is 5.87. The summed E-state index contributed by atoms with van der Waals surface area (Å²) in [4.78, 5) is 11.0. The predicted octanol–water partition coefficient (Wildman–Crippen LogP) is 2.63. The zero-order valence-electron chi connectivity index (χ0n) is 8.54. The molecule has 1 saturated carbocycles. The molecule has 0 aromatic carbocycles. The minimum absolute atomic E-state index is 0.441. The molecule has 0 aromatic rings. The molecule has 0 unspecified atom stereocenters. The Labute approximate surface area is 84.1 Å². The average molecular weight is 202 g/mol. The number of hydrogen-bond acceptors (Lipinski definition) is 2. The Balaban J connectivity index is 2.53. The van der Waals surface area contributed by atoms with Crippen LogP contribution in [0, 0.1) is 11.8 Å². The van der Waals surface area contributed by atoms with Crippen molar-refractivity contribution < 1.29 is 9.90 Å². The minimum atomic E-state index is -0.615. The maximum atomic E-state index is 11.0. The summed E-state index contributed by atoms with van der Waals surface area (Å²) in [6.45, 7) is 6.37. The topological polar surface area (TPSA) is 37.3 Å². The number of rotatable bonds is 4. The standard InChI is InChI=1S/C10H18O2S/c1-4-13-10(9(11)12)5-8(6-10)7(2)3/h7-8H,4-6H2,1-3H3,(H,11,12). The second-order valence-corrected chi connectivity index (χ2v) is 5.79. The Morgan fingerprint density at radius 2 is 2.15 bits per heavy atom. The Hall–Kier alpha value is -0.180. The van der Waals surface area contributed by atoms with Crippen molar-refractivity contribution in [2.45, 2.75) is 38.4 Å². The quantitative estimate of drug-likeness (QED) is 0.761. The van der Waals surface area contributed by atoms with Gasteiger partial charge in [-0.1, -0.05) is 20.8 Å². The van der Waals surface area contributed by atoms with Crippen LogP contribution in [0.2, 0.25) is 0 Å². The van der Waals surface area contributed by atoms with Gasteiger partial charge >= 0.3 is 5.97 Å². The fraction of sp³-hybridized carbons (Fsp3) is 0.900. The molecule has 0 bridgehead atoms. The Morgan fingerprint density at radius 3 is 2.46 bits per heavy atom. The highest BCUT2D eigenvalue weighted by Gasteiger charge is 2.51. The number of thioether (sulfide) groups is 1. The van der Waals surface area contributed by atoms with E-state index >= 15 is 0 Å². The van der Waals surface area contributed by atoms with Crippen molar-refractivity contribution in [3.63, 3.8) is 0 Å². The Morgan fingerprint density at radius 1 is 1.62 bits per heavy atom. The van der Waals surface area contributed by atoms with Gasteiger partial charge in [-0.3, -0.25) is 4.79 Å². The minimum Gasteiger partial charge on any atom is -0.480 e. The van der Waals surface area contributed by atoms with Crippen molar-refractivity contribution in [3.8, 4) is 0 Å². The van der Waals surface area contributed by atoms with E-state index in [9.17, 15) is 4.79 Å². The summed E-state index contributed by atoms with van der Waals surface area (Å²) in [6.07, 6.45) is 1.72. The molecule has 0 aliphatic heterocycles. The van der Waals surface area contributed by atoms with Crippen molar-refractivity contribution in [2.75, 3.05) is 5.75 Å². The van der Waals surface area contributed by atoms with Gasteiger partial charge < -0.3 is 5.11 Å². The zero-order chi connectivity index (χ0) is 10.1.